The standard InChI is InChI=1S/C34H42N8O6.2ClH/c1-21(2)27(39-33(45)47-5)31(43)41-17-11-15-25(41)29-35-19-23(37-29)13-9-7-8-10-14-24-20-36-30(38-24)26-16-12-18-42(26)32(44)28(22(3)4)40-34(46)48-6;;/h19-22,25-28H,11-12,15-18H2,1-6H3,(H,35,37)(H,36,38)(H,39,45)(H,40,46);2*1H/t25-,26-,27-,28-;;/m0../s1. The highest BCUT2D eigenvalue weighted by Gasteiger charge is 2.38. The SMILES string of the molecule is COC(=O)N[C@H](C(=O)N1CCC[C@H]1c1ncc(C#CC#CC#Cc2cnc([C@@H]3CCCN3C(=O)[C@@H](NC(=O)OC)C(C)C)[nH]2)[nH]1)C(C)C.Cl.Cl. The van der Waals surface area contributed by atoms with E-state index in [9.17, 15) is 19.2 Å². The number of likely N-dealkylation sites (tertiary alicyclic amines) is 2. The molecule has 270 valence electrons. The van der Waals surface area contributed by atoms with Crippen molar-refractivity contribution in [2.75, 3.05) is 27.3 Å². The Kier molecular flexibility index (Phi) is 16.0. The van der Waals surface area contributed by atoms with Crippen LogP contribution in [0.2, 0.25) is 0 Å². The second-order valence-corrected chi connectivity index (χ2v) is 12.2. The summed E-state index contributed by atoms with van der Waals surface area (Å²) in [6.07, 6.45) is 5.00. The van der Waals surface area contributed by atoms with Crippen LogP contribution in [0.4, 0.5) is 9.59 Å². The number of halogens is 2. The first-order chi connectivity index (χ1) is 23.0. The predicted molar refractivity (Wildman–Crippen MR) is 189 cm³/mol. The van der Waals surface area contributed by atoms with Gasteiger partial charge in [-0.3, -0.25) is 9.59 Å². The van der Waals surface area contributed by atoms with E-state index < -0.39 is 24.3 Å². The quantitative estimate of drug-likeness (QED) is 0.299. The molecule has 4 N–H and O–H groups in total. The highest BCUT2D eigenvalue weighted by atomic mass is 35.5. The summed E-state index contributed by atoms with van der Waals surface area (Å²) < 4.78 is 9.39. The van der Waals surface area contributed by atoms with Crippen LogP contribution in [0.25, 0.3) is 0 Å². The minimum absolute atomic E-state index is 0. The molecule has 0 saturated carbocycles. The number of methoxy groups -OCH3 is 2. The molecule has 0 spiro atoms. The molecule has 4 rings (SSSR count). The van der Waals surface area contributed by atoms with Crippen LogP contribution in [0, 0.1) is 47.4 Å². The van der Waals surface area contributed by atoms with Gasteiger partial charge in [0.05, 0.1) is 38.7 Å². The molecule has 0 bridgehead atoms. The Morgan fingerprint density at radius 2 is 1.10 bits per heavy atom. The highest BCUT2D eigenvalue weighted by Crippen LogP contribution is 2.32. The number of aromatic amines is 2. The minimum atomic E-state index is -0.710. The smallest absolute Gasteiger partial charge is 0.407 e. The fourth-order valence-electron chi connectivity index (χ4n) is 5.78. The van der Waals surface area contributed by atoms with E-state index in [1.165, 1.54) is 14.2 Å². The van der Waals surface area contributed by atoms with E-state index in [4.69, 9.17) is 9.47 Å². The molecule has 0 aromatic carbocycles. The molecule has 2 aromatic rings. The molecule has 2 aliphatic heterocycles. The second-order valence-electron chi connectivity index (χ2n) is 12.2. The molecule has 2 saturated heterocycles. The first-order valence-electron chi connectivity index (χ1n) is 16.0. The number of H-pyrrole nitrogens is 2. The maximum atomic E-state index is 13.3. The maximum Gasteiger partial charge on any atom is 0.407 e. The topological polar surface area (TPSA) is 175 Å². The lowest BCUT2D eigenvalue weighted by atomic mass is 10.0. The van der Waals surface area contributed by atoms with Crippen LogP contribution < -0.4 is 10.6 Å². The van der Waals surface area contributed by atoms with Crippen molar-refractivity contribution in [3.63, 3.8) is 0 Å². The van der Waals surface area contributed by atoms with E-state index in [-0.39, 0.29) is 60.5 Å². The molecular weight excluding hydrogens is 687 g/mol. The van der Waals surface area contributed by atoms with E-state index in [2.05, 4.69) is 66.1 Å². The summed E-state index contributed by atoms with van der Waals surface area (Å²) in [5.74, 6) is 17.4. The van der Waals surface area contributed by atoms with Crippen molar-refractivity contribution in [3.8, 4) is 35.5 Å². The normalized spacial score (nSPS) is 17.4. The van der Waals surface area contributed by atoms with Crippen molar-refractivity contribution in [1.29, 1.82) is 0 Å². The van der Waals surface area contributed by atoms with Gasteiger partial charge >= 0.3 is 12.2 Å². The van der Waals surface area contributed by atoms with E-state index >= 15 is 0 Å². The van der Waals surface area contributed by atoms with Crippen LogP contribution in [0.3, 0.4) is 0 Å². The minimum Gasteiger partial charge on any atom is -0.453 e. The number of alkyl carbamates (subject to hydrolysis) is 2. The average molecular weight is 732 g/mol. The number of ether oxygens (including phenoxy) is 2. The zero-order chi connectivity index (χ0) is 34.8. The van der Waals surface area contributed by atoms with Gasteiger partial charge in [-0.1, -0.05) is 27.7 Å². The number of carbonyl (C=O) groups is 4. The Balaban J connectivity index is 0.00000433. The maximum absolute atomic E-state index is 13.3. The third kappa shape index (κ3) is 10.3. The third-order valence-corrected chi connectivity index (χ3v) is 8.26. The number of amides is 4. The van der Waals surface area contributed by atoms with Gasteiger partial charge in [-0.15, -0.1) is 24.8 Å². The van der Waals surface area contributed by atoms with Gasteiger partial charge in [-0.25, -0.2) is 19.6 Å². The lowest BCUT2D eigenvalue weighted by Gasteiger charge is -2.29. The van der Waals surface area contributed by atoms with Gasteiger partial charge in [0.1, 0.15) is 35.1 Å². The Bertz CT molecular complexity index is 1570. The summed E-state index contributed by atoms with van der Waals surface area (Å²) in [4.78, 5) is 69.0. The van der Waals surface area contributed by atoms with Crippen molar-refractivity contribution in [2.24, 2.45) is 11.8 Å². The summed E-state index contributed by atoms with van der Waals surface area (Å²) in [6, 6.07) is -1.93. The van der Waals surface area contributed by atoms with E-state index in [0.717, 1.165) is 25.7 Å². The summed E-state index contributed by atoms with van der Waals surface area (Å²) in [7, 11) is 2.53. The molecule has 0 aliphatic carbocycles. The molecule has 50 heavy (non-hydrogen) atoms. The predicted octanol–water partition coefficient (Wildman–Crippen LogP) is 3.47. The molecule has 0 unspecified atom stereocenters. The number of carbonyl (C=O) groups excluding carboxylic acids is 4. The molecule has 14 nitrogen and oxygen atoms in total. The fraction of sp³-hybridized carbons (Fsp3) is 0.529. The molecule has 2 fully saturated rings. The van der Waals surface area contributed by atoms with Crippen LogP contribution in [-0.4, -0.2) is 93.1 Å². The molecular formula is C34H44Cl2N8O6. The van der Waals surface area contributed by atoms with Gasteiger partial charge in [0.15, 0.2) is 0 Å². The lowest BCUT2D eigenvalue weighted by molar-refractivity contribution is -0.136. The Morgan fingerprint density at radius 3 is 1.44 bits per heavy atom. The van der Waals surface area contributed by atoms with Crippen LogP contribution in [0.15, 0.2) is 12.4 Å². The van der Waals surface area contributed by atoms with Gasteiger partial charge in [-0.05, 0) is 73.0 Å². The first kappa shape index (κ1) is 41.3. The zero-order valence-electron chi connectivity index (χ0n) is 28.9. The van der Waals surface area contributed by atoms with Gasteiger partial charge in [-0.2, -0.15) is 0 Å². The first-order valence-corrected chi connectivity index (χ1v) is 16.0. The summed E-state index contributed by atoms with van der Waals surface area (Å²) >= 11 is 0. The van der Waals surface area contributed by atoms with E-state index in [1.807, 2.05) is 27.7 Å². The summed E-state index contributed by atoms with van der Waals surface area (Å²) in [5.41, 5.74) is 1.10. The molecule has 2 aromatic heterocycles. The Morgan fingerprint density at radius 1 is 0.720 bits per heavy atom. The molecule has 0 radical (unpaired) electrons. The number of rotatable bonds is 8. The van der Waals surface area contributed by atoms with Crippen LogP contribution >= 0.6 is 24.8 Å². The Hall–Kier alpha value is -4.84. The number of aromatic nitrogens is 4. The van der Waals surface area contributed by atoms with Crippen LogP contribution in [-0.2, 0) is 19.1 Å². The van der Waals surface area contributed by atoms with Crippen molar-refractivity contribution < 1.29 is 28.7 Å². The number of hydrogen-bond acceptors (Lipinski definition) is 8. The van der Waals surface area contributed by atoms with Gasteiger partial charge in [0.2, 0.25) is 11.8 Å². The van der Waals surface area contributed by atoms with E-state index in [1.54, 1.807) is 22.2 Å². The van der Waals surface area contributed by atoms with Crippen molar-refractivity contribution in [3.05, 3.63) is 35.4 Å². The largest absolute Gasteiger partial charge is 0.453 e. The molecule has 2 aliphatic rings. The van der Waals surface area contributed by atoms with Gasteiger partial charge in [0, 0.05) is 13.1 Å². The van der Waals surface area contributed by atoms with Crippen molar-refractivity contribution in [1.82, 2.24) is 40.4 Å². The average Bonchev–Trinajstić information content (AvgIpc) is 3.89. The zero-order valence-corrected chi connectivity index (χ0v) is 30.5. The monoisotopic (exact) mass is 730 g/mol. The molecule has 16 heteroatoms. The lowest BCUT2D eigenvalue weighted by Crippen LogP contribution is -2.51. The van der Waals surface area contributed by atoms with E-state index in [0.29, 0.717) is 36.1 Å². The fourth-order valence-corrected chi connectivity index (χ4v) is 5.78. The number of imidazole rings is 2. The van der Waals surface area contributed by atoms with Crippen molar-refractivity contribution >= 4 is 48.8 Å². The van der Waals surface area contributed by atoms with Crippen LogP contribution in [0.1, 0.15) is 88.5 Å². The summed E-state index contributed by atoms with van der Waals surface area (Å²) in [5, 5.41) is 5.28. The molecule has 4 atom stereocenters. The number of hydrogen-bond donors (Lipinski definition) is 4. The van der Waals surface area contributed by atoms with Crippen molar-refractivity contribution in [2.45, 2.75) is 77.5 Å². The van der Waals surface area contributed by atoms with Gasteiger partial charge in [0.25, 0.3) is 0 Å². The molecule has 4 amide bonds. The summed E-state index contributed by atoms with van der Waals surface area (Å²) in [6.45, 7) is 8.59. The number of nitrogens with one attached hydrogen (secondary N) is 4. The Labute approximate surface area is 304 Å². The molecule has 4 heterocycles. The highest BCUT2D eigenvalue weighted by molar-refractivity contribution is 5.87. The number of nitrogens with zero attached hydrogens (tertiary/aromatic N) is 4. The third-order valence-electron chi connectivity index (χ3n) is 8.26. The second kappa shape index (κ2) is 19.4. The van der Waals surface area contributed by atoms with Crippen LogP contribution in [0.5, 0.6) is 0 Å². The van der Waals surface area contributed by atoms with Gasteiger partial charge < -0.3 is 39.9 Å².